The van der Waals surface area contributed by atoms with Crippen LogP contribution < -0.4 is 5.32 Å². The van der Waals surface area contributed by atoms with Gasteiger partial charge in [0.25, 0.3) is 0 Å². The van der Waals surface area contributed by atoms with Crippen LogP contribution in [-0.4, -0.2) is 35.5 Å². The van der Waals surface area contributed by atoms with E-state index in [9.17, 15) is 4.79 Å². The van der Waals surface area contributed by atoms with E-state index in [2.05, 4.69) is 24.1 Å². The molecule has 2 saturated carbocycles. The van der Waals surface area contributed by atoms with Crippen molar-refractivity contribution in [2.24, 2.45) is 11.8 Å². The van der Waals surface area contributed by atoms with Gasteiger partial charge >= 0.3 is 0 Å². The van der Waals surface area contributed by atoms with E-state index in [-0.39, 0.29) is 6.04 Å². The van der Waals surface area contributed by atoms with Crippen molar-refractivity contribution in [1.29, 1.82) is 0 Å². The van der Waals surface area contributed by atoms with Crippen LogP contribution in [0.15, 0.2) is 0 Å². The normalized spacial score (nSPS) is 40.8. The molecule has 3 rings (SSSR count). The van der Waals surface area contributed by atoms with E-state index in [4.69, 9.17) is 0 Å². The van der Waals surface area contributed by atoms with Crippen LogP contribution >= 0.6 is 0 Å². The Morgan fingerprint density at radius 1 is 1.22 bits per heavy atom. The number of nitrogens with one attached hydrogen (secondary N) is 1. The molecule has 1 saturated heterocycles. The summed E-state index contributed by atoms with van der Waals surface area (Å²) in [5.41, 5.74) is 0. The molecule has 4 atom stereocenters. The van der Waals surface area contributed by atoms with Crippen LogP contribution in [-0.2, 0) is 4.79 Å². The fourth-order valence-electron chi connectivity index (χ4n) is 3.96. The van der Waals surface area contributed by atoms with Crippen LogP contribution in [0.4, 0.5) is 0 Å². The predicted octanol–water partition coefficient (Wildman–Crippen LogP) is 2.16. The van der Waals surface area contributed by atoms with E-state index in [1.165, 1.54) is 32.1 Å². The largest absolute Gasteiger partial charge is 0.338 e. The number of nitrogens with zero attached hydrogens (tertiary/aromatic N) is 1. The second-order valence-corrected chi connectivity index (χ2v) is 6.49. The average molecular weight is 250 g/mol. The van der Waals surface area contributed by atoms with Crippen LogP contribution in [0.25, 0.3) is 0 Å². The molecule has 0 aromatic rings. The zero-order valence-corrected chi connectivity index (χ0v) is 11.7. The molecule has 1 heterocycles. The SMILES string of the molecule is CCC1CCC(N2CCC(NC3CC3)C2=O)C1C. The molecule has 3 aliphatic rings. The molecule has 1 N–H and O–H groups in total. The first-order valence-electron chi connectivity index (χ1n) is 7.77. The summed E-state index contributed by atoms with van der Waals surface area (Å²) >= 11 is 0. The number of hydrogen-bond acceptors (Lipinski definition) is 2. The van der Waals surface area contributed by atoms with Gasteiger partial charge in [0.15, 0.2) is 0 Å². The molecule has 0 spiro atoms. The first kappa shape index (κ1) is 12.5. The van der Waals surface area contributed by atoms with Gasteiger partial charge in [-0.2, -0.15) is 0 Å². The van der Waals surface area contributed by atoms with Crippen molar-refractivity contribution in [3.63, 3.8) is 0 Å². The highest BCUT2D eigenvalue weighted by molar-refractivity contribution is 5.84. The Labute approximate surface area is 110 Å². The Hall–Kier alpha value is -0.570. The van der Waals surface area contributed by atoms with Crippen molar-refractivity contribution in [3.8, 4) is 0 Å². The first-order valence-corrected chi connectivity index (χ1v) is 7.77. The lowest BCUT2D eigenvalue weighted by molar-refractivity contribution is -0.132. The Morgan fingerprint density at radius 3 is 2.61 bits per heavy atom. The highest BCUT2D eigenvalue weighted by Crippen LogP contribution is 2.38. The summed E-state index contributed by atoms with van der Waals surface area (Å²) in [7, 11) is 0. The van der Waals surface area contributed by atoms with Crippen molar-refractivity contribution >= 4 is 5.91 Å². The molecule has 3 fully saturated rings. The summed E-state index contributed by atoms with van der Waals surface area (Å²) < 4.78 is 0. The Bertz CT molecular complexity index is 326. The Kier molecular flexibility index (Phi) is 3.35. The van der Waals surface area contributed by atoms with Gasteiger partial charge in [-0.15, -0.1) is 0 Å². The van der Waals surface area contributed by atoms with Gasteiger partial charge in [0.05, 0.1) is 6.04 Å². The second kappa shape index (κ2) is 4.84. The van der Waals surface area contributed by atoms with Gasteiger partial charge < -0.3 is 10.2 Å². The summed E-state index contributed by atoms with van der Waals surface area (Å²) in [6.45, 7) is 5.61. The predicted molar refractivity (Wildman–Crippen MR) is 72.2 cm³/mol. The maximum atomic E-state index is 12.5. The number of carbonyl (C=O) groups is 1. The maximum Gasteiger partial charge on any atom is 0.240 e. The van der Waals surface area contributed by atoms with E-state index in [1.54, 1.807) is 0 Å². The van der Waals surface area contributed by atoms with Crippen molar-refractivity contribution in [2.45, 2.75) is 70.5 Å². The summed E-state index contributed by atoms with van der Waals surface area (Å²) in [5, 5.41) is 3.50. The third-order valence-electron chi connectivity index (χ3n) is 5.36. The first-order chi connectivity index (χ1) is 8.70. The Morgan fingerprint density at radius 2 is 2.00 bits per heavy atom. The number of rotatable bonds is 4. The standard InChI is InChI=1S/C15H26N2O/c1-3-11-4-7-14(10(11)2)17-9-8-13(15(17)18)16-12-5-6-12/h10-14,16H,3-9H2,1-2H3. The average Bonchev–Trinajstić information content (AvgIpc) is 3.01. The van der Waals surface area contributed by atoms with Gasteiger partial charge in [-0.25, -0.2) is 0 Å². The lowest BCUT2D eigenvalue weighted by Crippen LogP contribution is -2.44. The second-order valence-electron chi connectivity index (χ2n) is 6.49. The zero-order valence-electron chi connectivity index (χ0n) is 11.7. The van der Waals surface area contributed by atoms with Crippen LogP contribution in [0.3, 0.4) is 0 Å². The Balaban J connectivity index is 1.61. The molecule has 0 aromatic heterocycles. The molecule has 0 aromatic carbocycles. The minimum absolute atomic E-state index is 0.130. The minimum atomic E-state index is 0.130. The number of amides is 1. The van der Waals surface area contributed by atoms with Gasteiger partial charge in [0, 0.05) is 18.6 Å². The zero-order chi connectivity index (χ0) is 12.7. The molecule has 102 valence electrons. The van der Waals surface area contributed by atoms with Crippen molar-refractivity contribution in [2.75, 3.05) is 6.54 Å². The van der Waals surface area contributed by atoms with Crippen molar-refractivity contribution in [1.82, 2.24) is 10.2 Å². The maximum absolute atomic E-state index is 12.5. The van der Waals surface area contributed by atoms with E-state index in [0.29, 0.717) is 23.9 Å². The van der Waals surface area contributed by atoms with Crippen molar-refractivity contribution in [3.05, 3.63) is 0 Å². The smallest absolute Gasteiger partial charge is 0.240 e. The third-order valence-corrected chi connectivity index (χ3v) is 5.36. The topological polar surface area (TPSA) is 32.3 Å². The summed E-state index contributed by atoms with van der Waals surface area (Å²) in [6, 6.07) is 1.29. The van der Waals surface area contributed by atoms with E-state index in [1.807, 2.05) is 0 Å². The summed E-state index contributed by atoms with van der Waals surface area (Å²) in [5.74, 6) is 1.91. The molecule has 1 aliphatic heterocycles. The highest BCUT2D eigenvalue weighted by Gasteiger charge is 2.43. The van der Waals surface area contributed by atoms with Crippen LogP contribution in [0.5, 0.6) is 0 Å². The quantitative estimate of drug-likeness (QED) is 0.829. The lowest BCUT2D eigenvalue weighted by atomic mass is 9.93. The molecule has 2 aliphatic carbocycles. The molecular formula is C15H26N2O. The van der Waals surface area contributed by atoms with Gasteiger partial charge in [0.1, 0.15) is 0 Å². The van der Waals surface area contributed by atoms with E-state index >= 15 is 0 Å². The van der Waals surface area contributed by atoms with Crippen molar-refractivity contribution < 1.29 is 4.79 Å². The molecule has 0 bridgehead atoms. The molecular weight excluding hydrogens is 224 g/mol. The molecule has 1 amide bonds. The fraction of sp³-hybridized carbons (Fsp3) is 0.933. The third kappa shape index (κ3) is 2.18. The fourth-order valence-corrected chi connectivity index (χ4v) is 3.96. The lowest BCUT2D eigenvalue weighted by Gasteiger charge is -2.29. The molecule has 4 unspecified atom stereocenters. The van der Waals surface area contributed by atoms with E-state index in [0.717, 1.165) is 18.9 Å². The van der Waals surface area contributed by atoms with Gasteiger partial charge in [-0.1, -0.05) is 20.3 Å². The van der Waals surface area contributed by atoms with Gasteiger partial charge in [0.2, 0.25) is 5.91 Å². The van der Waals surface area contributed by atoms with Crippen LogP contribution in [0.1, 0.15) is 52.4 Å². The number of likely N-dealkylation sites (tertiary alicyclic amines) is 1. The molecule has 0 radical (unpaired) electrons. The molecule has 3 nitrogen and oxygen atoms in total. The molecule has 18 heavy (non-hydrogen) atoms. The van der Waals surface area contributed by atoms with Gasteiger partial charge in [-0.05, 0) is 43.9 Å². The summed E-state index contributed by atoms with van der Waals surface area (Å²) in [4.78, 5) is 14.7. The van der Waals surface area contributed by atoms with E-state index < -0.39 is 0 Å². The number of hydrogen-bond donors (Lipinski definition) is 1. The number of carbonyl (C=O) groups excluding carboxylic acids is 1. The van der Waals surface area contributed by atoms with Crippen LogP contribution in [0, 0.1) is 11.8 Å². The monoisotopic (exact) mass is 250 g/mol. The molecule has 3 heteroatoms. The summed E-state index contributed by atoms with van der Waals surface area (Å²) in [6.07, 6.45) is 7.36. The highest BCUT2D eigenvalue weighted by atomic mass is 16.2. The van der Waals surface area contributed by atoms with Crippen LogP contribution in [0.2, 0.25) is 0 Å². The van der Waals surface area contributed by atoms with Gasteiger partial charge in [-0.3, -0.25) is 4.79 Å². The minimum Gasteiger partial charge on any atom is -0.338 e.